The molecular weight excluding hydrogens is 494 g/mol. The standard InChI is InChI=1S/C27H26F2N6OS/c1-14(2)36-22-8-17(28)7-20(29)23(22)24-26(21-9-18-11-30-15(3)12-35(18)33-21)32-25(16-10-31-34(4)13-16)19-5-6-37-27(19)24/h5-10,13-15,30H,11-12H2,1-4H3/t15-/m1/s1. The van der Waals surface area contributed by atoms with E-state index in [0.717, 1.165) is 33.1 Å². The van der Waals surface area contributed by atoms with Gasteiger partial charge in [-0.3, -0.25) is 9.36 Å². The van der Waals surface area contributed by atoms with E-state index in [1.165, 1.54) is 17.4 Å². The van der Waals surface area contributed by atoms with Gasteiger partial charge in [-0.05, 0) is 38.3 Å². The lowest BCUT2D eigenvalue weighted by Gasteiger charge is -2.21. The van der Waals surface area contributed by atoms with Gasteiger partial charge in [0.25, 0.3) is 0 Å². The number of hydrogen-bond acceptors (Lipinski definition) is 6. The van der Waals surface area contributed by atoms with Crippen molar-refractivity contribution in [1.29, 1.82) is 0 Å². The summed E-state index contributed by atoms with van der Waals surface area (Å²) >= 11 is 1.48. The molecule has 10 heteroatoms. The Kier molecular flexibility index (Phi) is 5.80. The number of aromatic nitrogens is 5. The number of pyridine rings is 1. The van der Waals surface area contributed by atoms with Crippen molar-refractivity contribution in [3.63, 3.8) is 0 Å². The molecule has 7 nitrogen and oxygen atoms in total. The molecule has 190 valence electrons. The zero-order valence-corrected chi connectivity index (χ0v) is 21.7. The van der Waals surface area contributed by atoms with Gasteiger partial charge >= 0.3 is 0 Å². The van der Waals surface area contributed by atoms with Crippen LogP contribution in [0.15, 0.2) is 42.0 Å². The third-order valence-electron chi connectivity index (χ3n) is 6.40. The number of nitrogens with zero attached hydrogens (tertiary/aromatic N) is 5. The van der Waals surface area contributed by atoms with Crippen molar-refractivity contribution in [2.45, 2.75) is 46.0 Å². The van der Waals surface area contributed by atoms with Crippen LogP contribution in [0.25, 0.3) is 43.9 Å². The molecule has 0 spiro atoms. The van der Waals surface area contributed by atoms with E-state index in [1.807, 2.05) is 49.3 Å². The predicted octanol–water partition coefficient (Wildman–Crippen LogP) is 5.78. The Labute approximate surface area is 216 Å². The zero-order chi connectivity index (χ0) is 25.8. The molecule has 0 unspecified atom stereocenters. The highest BCUT2D eigenvalue weighted by Crippen LogP contribution is 2.47. The van der Waals surface area contributed by atoms with E-state index in [9.17, 15) is 4.39 Å². The number of benzene rings is 1. The van der Waals surface area contributed by atoms with Crippen LogP contribution < -0.4 is 10.1 Å². The Bertz CT molecular complexity index is 1640. The molecule has 0 saturated heterocycles. The fourth-order valence-corrected chi connectivity index (χ4v) is 5.77. The quantitative estimate of drug-likeness (QED) is 0.318. The van der Waals surface area contributed by atoms with E-state index < -0.39 is 11.6 Å². The van der Waals surface area contributed by atoms with Crippen LogP contribution in [0.1, 0.15) is 26.5 Å². The number of halogens is 2. The molecule has 1 atom stereocenters. The SMILES string of the molecule is CC(C)Oc1cc(F)cc(F)c1-c1c(-c2cc3n(n2)C[C@@H](C)NC3)nc(-c2cnn(C)c2)c2ccsc12. The summed E-state index contributed by atoms with van der Waals surface area (Å²) in [6, 6.07) is 6.36. The lowest BCUT2D eigenvalue weighted by molar-refractivity contribution is 0.241. The molecule has 1 aliphatic heterocycles. The normalized spacial score (nSPS) is 15.5. The number of fused-ring (bicyclic) bond motifs is 2. The molecule has 0 radical (unpaired) electrons. The Balaban J connectivity index is 1.69. The summed E-state index contributed by atoms with van der Waals surface area (Å²) in [6.07, 6.45) is 3.38. The molecule has 1 aliphatic rings. The van der Waals surface area contributed by atoms with Gasteiger partial charge in [0.15, 0.2) is 0 Å². The van der Waals surface area contributed by atoms with E-state index in [0.29, 0.717) is 30.0 Å². The first-order chi connectivity index (χ1) is 17.8. The van der Waals surface area contributed by atoms with E-state index in [4.69, 9.17) is 14.8 Å². The van der Waals surface area contributed by atoms with Crippen molar-refractivity contribution in [3.05, 3.63) is 59.4 Å². The first-order valence-corrected chi connectivity index (χ1v) is 13.0. The molecule has 0 amide bonds. The van der Waals surface area contributed by atoms with E-state index >= 15 is 4.39 Å². The molecular formula is C27H26F2N6OS. The monoisotopic (exact) mass is 520 g/mol. The molecule has 1 aromatic carbocycles. The van der Waals surface area contributed by atoms with Gasteiger partial charge in [-0.1, -0.05) is 0 Å². The maximum absolute atomic E-state index is 15.7. The van der Waals surface area contributed by atoms with Crippen LogP contribution >= 0.6 is 11.3 Å². The molecule has 0 aliphatic carbocycles. The second kappa shape index (κ2) is 9.04. The molecule has 5 heterocycles. The summed E-state index contributed by atoms with van der Waals surface area (Å²) < 4.78 is 40.5. The summed E-state index contributed by atoms with van der Waals surface area (Å²) in [7, 11) is 1.85. The largest absolute Gasteiger partial charge is 0.490 e. The minimum Gasteiger partial charge on any atom is -0.490 e. The van der Waals surface area contributed by atoms with Gasteiger partial charge in [-0.25, -0.2) is 13.8 Å². The number of rotatable bonds is 5. The topological polar surface area (TPSA) is 69.8 Å². The van der Waals surface area contributed by atoms with Crippen LogP contribution in [0, 0.1) is 11.6 Å². The highest BCUT2D eigenvalue weighted by atomic mass is 32.1. The number of hydrogen-bond donors (Lipinski definition) is 1. The molecule has 0 bridgehead atoms. The summed E-state index contributed by atoms with van der Waals surface area (Å²) in [5.74, 6) is -1.27. The maximum atomic E-state index is 15.7. The molecule has 1 N–H and O–H groups in total. The smallest absolute Gasteiger partial charge is 0.137 e. The van der Waals surface area contributed by atoms with Crippen LogP contribution in [0.3, 0.4) is 0 Å². The zero-order valence-electron chi connectivity index (χ0n) is 20.9. The molecule has 5 aromatic rings. The van der Waals surface area contributed by atoms with Gasteiger partial charge in [0.2, 0.25) is 0 Å². The Hall–Kier alpha value is -3.63. The third-order valence-corrected chi connectivity index (χ3v) is 7.33. The van der Waals surface area contributed by atoms with Gasteiger partial charge in [0, 0.05) is 59.2 Å². The first kappa shape index (κ1) is 23.7. The molecule has 6 rings (SSSR count). The van der Waals surface area contributed by atoms with Crippen molar-refractivity contribution in [2.75, 3.05) is 0 Å². The summed E-state index contributed by atoms with van der Waals surface area (Å²) in [5.41, 5.74) is 4.46. The highest BCUT2D eigenvalue weighted by molar-refractivity contribution is 7.18. The fraction of sp³-hybridized carbons (Fsp3) is 0.296. The van der Waals surface area contributed by atoms with Crippen molar-refractivity contribution < 1.29 is 13.5 Å². The summed E-state index contributed by atoms with van der Waals surface area (Å²) in [5, 5.41) is 15.5. The van der Waals surface area contributed by atoms with Crippen LogP contribution in [-0.4, -0.2) is 36.7 Å². The third kappa shape index (κ3) is 4.19. The van der Waals surface area contributed by atoms with E-state index in [2.05, 4.69) is 17.3 Å². The van der Waals surface area contributed by atoms with Crippen molar-refractivity contribution in [2.24, 2.45) is 7.05 Å². The van der Waals surface area contributed by atoms with E-state index in [1.54, 1.807) is 10.9 Å². The predicted molar refractivity (Wildman–Crippen MR) is 140 cm³/mol. The average Bonchev–Trinajstić information content (AvgIpc) is 3.57. The summed E-state index contributed by atoms with van der Waals surface area (Å²) in [4.78, 5) is 5.09. The second-order valence-corrected chi connectivity index (χ2v) is 10.6. The minimum atomic E-state index is -0.707. The van der Waals surface area contributed by atoms with Crippen molar-refractivity contribution >= 4 is 21.4 Å². The molecule has 0 fully saturated rings. The molecule has 0 saturated carbocycles. The Morgan fingerprint density at radius 3 is 2.76 bits per heavy atom. The Morgan fingerprint density at radius 1 is 1.16 bits per heavy atom. The van der Waals surface area contributed by atoms with Crippen LogP contribution in [0.2, 0.25) is 0 Å². The van der Waals surface area contributed by atoms with Crippen molar-refractivity contribution in [1.82, 2.24) is 29.9 Å². The van der Waals surface area contributed by atoms with Crippen LogP contribution in [0.4, 0.5) is 8.78 Å². The first-order valence-electron chi connectivity index (χ1n) is 12.1. The number of ether oxygens (including phenoxy) is 1. The van der Waals surface area contributed by atoms with Crippen LogP contribution in [0.5, 0.6) is 5.75 Å². The minimum absolute atomic E-state index is 0.138. The number of aryl methyl sites for hydroxylation is 1. The van der Waals surface area contributed by atoms with E-state index in [-0.39, 0.29) is 23.5 Å². The van der Waals surface area contributed by atoms with Gasteiger partial charge in [-0.15, -0.1) is 11.3 Å². The lowest BCUT2D eigenvalue weighted by Crippen LogP contribution is -2.36. The molecule has 4 aromatic heterocycles. The number of nitrogens with one attached hydrogen (secondary N) is 1. The second-order valence-electron chi connectivity index (χ2n) is 9.66. The van der Waals surface area contributed by atoms with Gasteiger partial charge in [0.1, 0.15) is 28.8 Å². The van der Waals surface area contributed by atoms with Gasteiger partial charge in [0.05, 0.1) is 35.8 Å². The van der Waals surface area contributed by atoms with Crippen molar-refractivity contribution in [3.8, 4) is 39.5 Å². The number of thiophene rings is 1. The molecule has 37 heavy (non-hydrogen) atoms. The average molecular weight is 521 g/mol. The maximum Gasteiger partial charge on any atom is 0.137 e. The van der Waals surface area contributed by atoms with Crippen LogP contribution in [-0.2, 0) is 20.1 Å². The van der Waals surface area contributed by atoms with Gasteiger partial charge < -0.3 is 10.1 Å². The lowest BCUT2D eigenvalue weighted by atomic mass is 9.97. The fourth-order valence-electron chi connectivity index (χ4n) is 4.82. The highest BCUT2D eigenvalue weighted by Gasteiger charge is 2.28. The van der Waals surface area contributed by atoms with Gasteiger partial charge in [-0.2, -0.15) is 10.2 Å². The summed E-state index contributed by atoms with van der Waals surface area (Å²) in [6.45, 7) is 7.15. The Morgan fingerprint density at radius 2 is 2.00 bits per heavy atom.